The number of carbonyl (C=O) groups is 1. The van der Waals surface area contributed by atoms with Crippen molar-refractivity contribution >= 4 is 29.2 Å². The molecule has 0 bridgehead atoms. The third-order valence-corrected chi connectivity index (χ3v) is 3.01. The average molecular weight is 281 g/mol. The summed E-state index contributed by atoms with van der Waals surface area (Å²) >= 11 is 5.25. The number of hydrogen-bond acceptors (Lipinski definition) is 4. The maximum atomic E-state index is 10.6. The van der Waals surface area contributed by atoms with E-state index in [9.17, 15) is 4.79 Å². The van der Waals surface area contributed by atoms with Crippen molar-refractivity contribution in [3.63, 3.8) is 0 Å². The number of rotatable bonds is 6. The first kappa shape index (κ1) is 13.6. The summed E-state index contributed by atoms with van der Waals surface area (Å²) in [6.07, 6.45) is 0. The van der Waals surface area contributed by atoms with Gasteiger partial charge in [-0.1, -0.05) is 0 Å². The summed E-state index contributed by atoms with van der Waals surface area (Å²) in [5.74, 6) is 0.275. The van der Waals surface area contributed by atoms with Crippen LogP contribution in [0.2, 0.25) is 0 Å². The van der Waals surface area contributed by atoms with Crippen LogP contribution in [0, 0.1) is 4.77 Å². The lowest BCUT2D eigenvalue weighted by Crippen LogP contribution is -2.19. The molecule has 19 heavy (non-hydrogen) atoms. The predicted molar refractivity (Wildman–Crippen MR) is 73.7 cm³/mol. The van der Waals surface area contributed by atoms with E-state index < -0.39 is 5.91 Å². The summed E-state index contributed by atoms with van der Waals surface area (Å²) in [5.41, 5.74) is 6.86. The van der Waals surface area contributed by atoms with Crippen LogP contribution in [0.4, 0.5) is 0 Å². The zero-order valence-corrected chi connectivity index (χ0v) is 11.3. The first-order chi connectivity index (χ1) is 9.11. The van der Waals surface area contributed by atoms with Gasteiger partial charge in [0.25, 0.3) is 0 Å². The summed E-state index contributed by atoms with van der Waals surface area (Å²) in [7, 11) is 1.61. The number of fused-ring (bicyclic) bond motifs is 1. The maximum Gasteiger partial charge on any atom is 0.243 e. The minimum absolute atomic E-state index is 0.0843. The van der Waals surface area contributed by atoms with Gasteiger partial charge in [0, 0.05) is 12.6 Å². The highest BCUT2D eigenvalue weighted by Gasteiger charge is 2.06. The Morgan fingerprint density at radius 2 is 2.32 bits per heavy atom. The summed E-state index contributed by atoms with van der Waals surface area (Å²) in [4.78, 5) is 13.7. The number of nitrogens with zero attached hydrogens (tertiary/aromatic N) is 1. The highest BCUT2D eigenvalue weighted by atomic mass is 32.1. The second-order valence-corrected chi connectivity index (χ2v) is 4.37. The monoisotopic (exact) mass is 281 g/mol. The number of imidazole rings is 1. The Kier molecular flexibility index (Phi) is 4.18. The summed E-state index contributed by atoms with van der Waals surface area (Å²) in [5, 5.41) is 0. The van der Waals surface area contributed by atoms with E-state index in [4.69, 9.17) is 27.4 Å². The number of amides is 1. The van der Waals surface area contributed by atoms with E-state index in [0.29, 0.717) is 17.9 Å². The molecule has 0 unspecified atom stereocenters. The molecule has 0 atom stereocenters. The van der Waals surface area contributed by atoms with Gasteiger partial charge in [-0.05, 0) is 24.4 Å². The van der Waals surface area contributed by atoms with Crippen molar-refractivity contribution in [1.29, 1.82) is 0 Å². The van der Waals surface area contributed by atoms with Crippen molar-refractivity contribution in [3.05, 3.63) is 23.0 Å². The molecular weight excluding hydrogens is 266 g/mol. The number of nitrogens with two attached hydrogens (primary N) is 1. The number of aromatic nitrogens is 2. The zero-order chi connectivity index (χ0) is 13.8. The van der Waals surface area contributed by atoms with Gasteiger partial charge in [0.1, 0.15) is 12.4 Å². The third kappa shape index (κ3) is 3.12. The quantitative estimate of drug-likeness (QED) is 0.616. The summed E-state index contributed by atoms with van der Waals surface area (Å²) in [6.45, 7) is 0.819. The molecule has 1 aromatic heterocycles. The number of benzene rings is 1. The molecule has 1 amide bonds. The van der Waals surface area contributed by atoms with Crippen LogP contribution in [-0.4, -0.2) is 35.8 Å². The van der Waals surface area contributed by atoms with Crippen LogP contribution in [0.5, 0.6) is 5.75 Å². The van der Waals surface area contributed by atoms with E-state index in [-0.39, 0.29) is 6.61 Å². The Morgan fingerprint density at radius 3 is 3.00 bits per heavy atom. The van der Waals surface area contributed by atoms with Crippen molar-refractivity contribution in [2.45, 2.75) is 6.54 Å². The molecule has 2 rings (SSSR count). The second-order valence-electron chi connectivity index (χ2n) is 3.98. The molecule has 102 valence electrons. The lowest BCUT2D eigenvalue weighted by atomic mass is 10.3. The van der Waals surface area contributed by atoms with Crippen LogP contribution >= 0.6 is 12.2 Å². The van der Waals surface area contributed by atoms with E-state index >= 15 is 0 Å². The second kappa shape index (κ2) is 5.85. The van der Waals surface area contributed by atoms with Crippen molar-refractivity contribution in [2.24, 2.45) is 5.73 Å². The molecule has 7 heteroatoms. The highest BCUT2D eigenvalue weighted by molar-refractivity contribution is 7.71. The van der Waals surface area contributed by atoms with Gasteiger partial charge in [0.15, 0.2) is 4.77 Å². The Balaban J connectivity index is 2.19. The molecule has 0 aliphatic rings. The van der Waals surface area contributed by atoms with Gasteiger partial charge in [0.05, 0.1) is 24.8 Å². The Hall–Kier alpha value is -1.86. The highest BCUT2D eigenvalue weighted by Crippen LogP contribution is 2.20. The van der Waals surface area contributed by atoms with Crippen LogP contribution in [0.1, 0.15) is 0 Å². The largest absolute Gasteiger partial charge is 0.497 e. The molecule has 0 aliphatic heterocycles. The summed E-state index contributed by atoms with van der Waals surface area (Å²) < 4.78 is 12.8. The van der Waals surface area contributed by atoms with Gasteiger partial charge in [-0.15, -0.1) is 0 Å². The molecule has 0 aliphatic carbocycles. The van der Waals surface area contributed by atoms with Gasteiger partial charge >= 0.3 is 0 Å². The number of primary amides is 1. The smallest absolute Gasteiger partial charge is 0.243 e. The van der Waals surface area contributed by atoms with Gasteiger partial charge in [-0.3, -0.25) is 4.79 Å². The Morgan fingerprint density at radius 1 is 1.53 bits per heavy atom. The molecule has 1 heterocycles. The predicted octanol–water partition coefficient (Wildman–Crippen LogP) is 1.21. The minimum atomic E-state index is -0.482. The normalized spacial score (nSPS) is 10.8. The molecule has 0 radical (unpaired) electrons. The molecule has 0 saturated heterocycles. The van der Waals surface area contributed by atoms with Gasteiger partial charge in [-0.2, -0.15) is 0 Å². The number of hydrogen-bond donors (Lipinski definition) is 2. The van der Waals surface area contributed by atoms with E-state index in [2.05, 4.69) is 4.98 Å². The molecule has 3 N–H and O–H groups in total. The van der Waals surface area contributed by atoms with Crippen LogP contribution in [0.15, 0.2) is 18.2 Å². The van der Waals surface area contributed by atoms with Gasteiger partial charge < -0.3 is 24.8 Å². The molecule has 0 fully saturated rings. The molecular formula is C12H15N3O3S. The third-order valence-electron chi connectivity index (χ3n) is 2.69. The van der Waals surface area contributed by atoms with Crippen molar-refractivity contribution in [3.8, 4) is 5.75 Å². The van der Waals surface area contributed by atoms with Crippen LogP contribution in [0.25, 0.3) is 11.0 Å². The van der Waals surface area contributed by atoms with Crippen LogP contribution < -0.4 is 10.5 Å². The fraction of sp³-hybridized carbons (Fsp3) is 0.333. The Labute approximate surface area is 115 Å². The van der Waals surface area contributed by atoms with E-state index in [0.717, 1.165) is 16.8 Å². The number of carbonyl (C=O) groups excluding carboxylic acids is 1. The SMILES string of the molecule is COc1ccc2[nH]c(=S)n(CCOCC(N)=O)c2c1. The lowest BCUT2D eigenvalue weighted by molar-refractivity contribution is -0.122. The molecule has 0 spiro atoms. The number of ether oxygens (including phenoxy) is 2. The molecule has 1 aromatic carbocycles. The fourth-order valence-electron chi connectivity index (χ4n) is 1.81. The van der Waals surface area contributed by atoms with E-state index in [1.54, 1.807) is 7.11 Å². The number of nitrogens with one attached hydrogen (secondary N) is 1. The van der Waals surface area contributed by atoms with Gasteiger partial charge in [-0.25, -0.2) is 0 Å². The summed E-state index contributed by atoms with van der Waals surface area (Å²) in [6, 6.07) is 5.67. The maximum absolute atomic E-state index is 10.6. The van der Waals surface area contributed by atoms with E-state index in [1.807, 2.05) is 22.8 Å². The molecule has 6 nitrogen and oxygen atoms in total. The number of H-pyrrole nitrogens is 1. The first-order valence-electron chi connectivity index (χ1n) is 5.74. The fourth-order valence-corrected chi connectivity index (χ4v) is 2.11. The van der Waals surface area contributed by atoms with Crippen LogP contribution in [-0.2, 0) is 16.1 Å². The lowest BCUT2D eigenvalue weighted by Gasteiger charge is -2.06. The number of methoxy groups -OCH3 is 1. The number of aromatic amines is 1. The minimum Gasteiger partial charge on any atom is -0.497 e. The first-order valence-corrected chi connectivity index (χ1v) is 6.15. The van der Waals surface area contributed by atoms with Gasteiger partial charge in [0.2, 0.25) is 5.91 Å². The van der Waals surface area contributed by atoms with Crippen molar-refractivity contribution in [1.82, 2.24) is 9.55 Å². The zero-order valence-electron chi connectivity index (χ0n) is 10.5. The van der Waals surface area contributed by atoms with E-state index in [1.165, 1.54) is 0 Å². The van der Waals surface area contributed by atoms with Crippen LogP contribution in [0.3, 0.4) is 0 Å². The average Bonchev–Trinajstić information content (AvgIpc) is 2.69. The standard InChI is InChI=1S/C12H15N3O3S/c1-17-8-2-3-9-10(6-8)15(12(19)14-9)4-5-18-7-11(13)16/h2-3,6H,4-5,7H2,1H3,(H2,13,16)(H,14,19). The van der Waals surface area contributed by atoms with Crippen molar-refractivity contribution < 1.29 is 14.3 Å². The Bertz CT molecular complexity index is 647. The van der Waals surface area contributed by atoms with Crippen molar-refractivity contribution in [2.75, 3.05) is 20.3 Å². The topological polar surface area (TPSA) is 82.3 Å². The molecule has 0 saturated carbocycles. The molecule has 2 aromatic rings.